The Bertz CT molecular complexity index is 1460. The molecule has 1 saturated heterocycles. The van der Waals surface area contributed by atoms with Crippen molar-refractivity contribution in [3.63, 3.8) is 0 Å². The highest BCUT2D eigenvalue weighted by molar-refractivity contribution is 5.98. The highest BCUT2D eigenvalue weighted by Crippen LogP contribution is 2.49. The van der Waals surface area contributed by atoms with Crippen molar-refractivity contribution in [2.75, 3.05) is 37.6 Å². The number of aryl methyl sites for hydroxylation is 2. The van der Waals surface area contributed by atoms with Crippen LogP contribution in [0.1, 0.15) is 41.3 Å². The predicted molar refractivity (Wildman–Crippen MR) is 148 cm³/mol. The summed E-state index contributed by atoms with van der Waals surface area (Å²) in [5.74, 6) is -0.00661. The van der Waals surface area contributed by atoms with E-state index >= 15 is 0 Å². The van der Waals surface area contributed by atoms with Gasteiger partial charge in [-0.05, 0) is 61.7 Å². The number of carbonyl (C=O) groups is 1. The van der Waals surface area contributed by atoms with Crippen LogP contribution in [-0.4, -0.2) is 58.3 Å². The van der Waals surface area contributed by atoms with E-state index < -0.39 is 0 Å². The number of aromatic nitrogens is 3. The summed E-state index contributed by atoms with van der Waals surface area (Å²) < 4.78 is 1.79. The third-order valence-electron chi connectivity index (χ3n) is 7.99. The molecule has 1 aliphatic carbocycles. The Kier molecular flexibility index (Phi) is 5.95. The van der Waals surface area contributed by atoms with Gasteiger partial charge in [0, 0.05) is 61.6 Å². The topological polar surface area (TPSA) is 66.3 Å². The number of nitrogens with one attached hydrogen (secondary N) is 1. The van der Waals surface area contributed by atoms with Gasteiger partial charge in [-0.15, -0.1) is 0 Å². The van der Waals surface area contributed by atoms with Gasteiger partial charge < -0.3 is 15.1 Å². The van der Waals surface area contributed by atoms with Gasteiger partial charge in [-0.3, -0.25) is 9.48 Å². The molecule has 7 nitrogen and oxygen atoms in total. The van der Waals surface area contributed by atoms with Crippen LogP contribution in [0.15, 0.2) is 60.9 Å². The minimum atomic E-state index is -0.383. The van der Waals surface area contributed by atoms with Gasteiger partial charge in [0.05, 0.1) is 22.9 Å². The molecule has 1 N–H and O–H groups in total. The third-order valence-corrected chi connectivity index (χ3v) is 7.99. The van der Waals surface area contributed by atoms with Crippen LogP contribution in [0.3, 0.4) is 0 Å². The van der Waals surface area contributed by atoms with Crippen LogP contribution < -0.4 is 10.2 Å². The monoisotopic (exact) mass is 494 g/mol. The van der Waals surface area contributed by atoms with E-state index in [1.165, 1.54) is 0 Å². The van der Waals surface area contributed by atoms with Gasteiger partial charge in [0.25, 0.3) is 5.91 Å². The van der Waals surface area contributed by atoms with Gasteiger partial charge in [0.2, 0.25) is 0 Å². The minimum Gasteiger partial charge on any atom is -0.369 e. The number of anilines is 1. The van der Waals surface area contributed by atoms with Gasteiger partial charge in [-0.1, -0.05) is 31.2 Å². The van der Waals surface area contributed by atoms with Crippen molar-refractivity contribution in [2.45, 2.75) is 32.2 Å². The first-order valence-corrected chi connectivity index (χ1v) is 13.3. The van der Waals surface area contributed by atoms with Crippen molar-refractivity contribution in [2.24, 2.45) is 7.05 Å². The maximum absolute atomic E-state index is 13.8. The molecule has 0 unspecified atom stereocenters. The number of fused-ring (bicyclic) bond motifs is 1. The molecule has 0 radical (unpaired) electrons. The van der Waals surface area contributed by atoms with E-state index in [2.05, 4.69) is 57.5 Å². The van der Waals surface area contributed by atoms with Crippen LogP contribution in [0.25, 0.3) is 22.2 Å². The van der Waals surface area contributed by atoms with Crippen LogP contribution >= 0.6 is 0 Å². The molecule has 0 bridgehead atoms. The highest BCUT2D eigenvalue weighted by atomic mass is 16.1. The van der Waals surface area contributed by atoms with Crippen LogP contribution in [-0.2, 0) is 12.6 Å². The lowest BCUT2D eigenvalue weighted by Crippen LogP contribution is -2.46. The van der Waals surface area contributed by atoms with E-state index in [1.807, 2.05) is 44.6 Å². The van der Waals surface area contributed by atoms with Crippen molar-refractivity contribution >= 4 is 22.5 Å². The summed E-state index contributed by atoms with van der Waals surface area (Å²) in [5.41, 5.74) is 6.43. The minimum absolute atomic E-state index is 0.00661. The number of rotatable bonds is 6. The van der Waals surface area contributed by atoms with E-state index in [1.54, 1.807) is 4.68 Å². The van der Waals surface area contributed by atoms with Crippen molar-refractivity contribution < 1.29 is 4.79 Å². The summed E-state index contributed by atoms with van der Waals surface area (Å²) in [5, 5.41) is 8.87. The molecular weight excluding hydrogens is 460 g/mol. The average Bonchev–Trinajstić information content (AvgIpc) is 3.57. The zero-order valence-electron chi connectivity index (χ0n) is 21.9. The summed E-state index contributed by atoms with van der Waals surface area (Å²) >= 11 is 0. The number of benzene rings is 2. The van der Waals surface area contributed by atoms with Crippen molar-refractivity contribution in [1.82, 2.24) is 25.0 Å². The highest BCUT2D eigenvalue weighted by Gasteiger charge is 2.47. The Morgan fingerprint density at radius 3 is 2.54 bits per heavy atom. The molecule has 7 heteroatoms. The zero-order chi connectivity index (χ0) is 25.6. The summed E-state index contributed by atoms with van der Waals surface area (Å²) in [7, 11) is 1.91. The fourth-order valence-electron chi connectivity index (χ4n) is 5.52. The Morgan fingerprint density at radius 1 is 1.05 bits per heavy atom. The van der Waals surface area contributed by atoms with Gasteiger partial charge >= 0.3 is 0 Å². The number of para-hydroxylation sites is 1. The lowest BCUT2D eigenvalue weighted by Gasteiger charge is -2.35. The molecule has 37 heavy (non-hydrogen) atoms. The molecule has 0 spiro atoms. The largest absolute Gasteiger partial charge is 0.369 e. The first-order valence-electron chi connectivity index (χ1n) is 13.3. The molecule has 1 aliphatic heterocycles. The molecule has 1 amide bonds. The molecular formula is C30H34N6O. The Labute approximate surface area is 218 Å². The van der Waals surface area contributed by atoms with Gasteiger partial charge in [-0.25, -0.2) is 4.98 Å². The summed E-state index contributed by atoms with van der Waals surface area (Å²) in [6.45, 7) is 9.42. The molecule has 6 rings (SSSR count). The first-order chi connectivity index (χ1) is 18.0. The second-order valence-electron chi connectivity index (χ2n) is 10.4. The Hall–Kier alpha value is -3.71. The van der Waals surface area contributed by atoms with E-state index in [0.29, 0.717) is 0 Å². The van der Waals surface area contributed by atoms with Gasteiger partial charge in [0.1, 0.15) is 0 Å². The first kappa shape index (κ1) is 23.7. The molecule has 2 aliphatic rings. The number of piperazine rings is 1. The molecule has 1 saturated carbocycles. The fraction of sp³-hybridized carbons (Fsp3) is 0.367. The quantitative estimate of drug-likeness (QED) is 0.427. The van der Waals surface area contributed by atoms with Gasteiger partial charge in [-0.2, -0.15) is 5.10 Å². The summed E-state index contributed by atoms with van der Waals surface area (Å²) in [6.07, 6.45) is 5.65. The van der Waals surface area contributed by atoms with Gasteiger partial charge in [0.15, 0.2) is 0 Å². The lowest BCUT2D eigenvalue weighted by atomic mass is 9.96. The normalized spacial score (nSPS) is 17.2. The van der Waals surface area contributed by atoms with E-state index in [-0.39, 0.29) is 11.4 Å². The third kappa shape index (κ3) is 4.48. The average molecular weight is 495 g/mol. The molecule has 0 atom stereocenters. The lowest BCUT2D eigenvalue weighted by molar-refractivity contribution is 0.0930. The molecule has 2 aromatic carbocycles. The van der Waals surface area contributed by atoms with Crippen LogP contribution in [0, 0.1) is 6.92 Å². The number of nitrogens with zero attached hydrogens (tertiary/aromatic N) is 5. The summed E-state index contributed by atoms with van der Waals surface area (Å²) in [6, 6.07) is 16.7. The molecule has 2 fully saturated rings. The predicted octanol–water partition coefficient (Wildman–Crippen LogP) is 4.50. The molecule has 3 heterocycles. The van der Waals surface area contributed by atoms with E-state index in [0.717, 1.165) is 90.1 Å². The Balaban J connectivity index is 1.31. The second-order valence-corrected chi connectivity index (χ2v) is 10.4. The van der Waals surface area contributed by atoms with E-state index in [4.69, 9.17) is 4.98 Å². The van der Waals surface area contributed by atoms with Crippen LogP contribution in [0.5, 0.6) is 0 Å². The number of likely N-dealkylation sites (N-methyl/N-ethyl adjacent to an activating group) is 1. The number of hydrogen-bond acceptors (Lipinski definition) is 5. The number of hydrogen-bond donors (Lipinski definition) is 1. The number of amides is 1. The molecule has 2 aromatic heterocycles. The standard InChI is InChI=1S/C30H34N6O/c1-4-35-13-15-36(16-14-35)23-10-9-21(2)25(17-23)29(37)33-30(11-12-30)26-18-28(22-19-31-34(3)20-22)32-27-8-6-5-7-24(26)27/h5-10,17-20H,4,11-16H2,1-3H3,(H,33,37). The fourth-order valence-corrected chi connectivity index (χ4v) is 5.52. The summed E-state index contributed by atoms with van der Waals surface area (Å²) in [4.78, 5) is 23.5. The van der Waals surface area contributed by atoms with Crippen molar-refractivity contribution in [1.29, 1.82) is 0 Å². The van der Waals surface area contributed by atoms with Crippen molar-refractivity contribution in [3.05, 3.63) is 77.6 Å². The number of carbonyl (C=O) groups excluding carboxylic acids is 1. The Morgan fingerprint density at radius 2 is 1.84 bits per heavy atom. The molecule has 4 aromatic rings. The molecule has 190 valence electrons. The van der Waals surface area contributed by atoms with Crippen LogP contribution in [0.2, 0.25) is 0 Å². The van der Waals surface area contributed by atoms with Crippen LogP contribution in [0.4, 0.5) is 5.69 Å². The number of pyridine rings is 1. The maximum Gasteiger partial charge on any atom is 0.252 e. The smallest absolute Gasteiger partial charge is 0.252 e. The second kappa shape index (κ2) is 9.30. The van der Waals surface area contributed by atoms with E-state index in [9.17, 15) is 4.79 Å². The van der Waals surface area contributed by atoms with Crippen molar-refractivity contribution in [3.8, 4) is 11.3 Å². The SMILES string of the molecule is CCN1CCN(c2ccc(C)c(C(=O)NC3(c4cc(-c5cnn(C)c5)nc5ccccc45)CC3)c2)CC1. The maximum atomic E-state index is 13.8. The zero-order valence-corrected chi connectivity index (χ0v) is 21.9.